The van der Waals surface area contributed by atoms with E-state index in [4.69, 9.17) is 0 Å². The maximum Gasteiger partial charge on any atom is 0.0216 e. The Kier molecular flexibility index (Phi) is 2.67. The van der Waals surface area contributed by atoms with Crippen molar-refractivity contribution < 1.29 is 0 Å². The van der Waals surface area contributed by atoms with Crippen LogP contribution >= 0.6 is 15.9 Å². The van der Waals surface area contributed by atoms with E-state index in [1.807, 2.05) is 0 Å². The van der Waals surface area contributed by atoms with E-state index < -0.39 is 0 Å². The fourth-order valence-electron chi connectivity index (χ4n) is 3.17. The van der Waals surface area contributed by atoms with Gasteiger partial charge in [0.15, 0.2) is 0 Å². The second-order valence-corrected chi connectivity index (χ2v) is 5.75. The molecule has 0 saturated heterocycles. The van der Waals surface area contributed by atoms with Gasteiger partial charge in [-0.1, -0.05) is 35.0 Å². The number of halogens is 1. The molecule has 1 aromatic rings. The van der Waals surface area contributed by atoms with Gasteiger partial charge in [0.05, 0.1) is 0 Å². The second-order valence-electron chi connectivity index (χ2n) is 4.90. The highest BCUT2D eigenvalue weighted by Crippen LogP contribution is 2.41. The van der Waals surface area contributed by atoms with Crippen molar-refractivity contribution in [3.05, 3.63) is 38.9 Å². The second kappa shape index (κ2) is 4.03. The highest BCUT2D eigenvalue weighted by molar-refractivity contribution is 9.10. The van der Waals surface area contributed by atoms with Gasteiger partial charge in [0.25, 0.3) is 0 Å². The molecule has 0 spiro atoms. The molecule has 1 heteroatoms. The van der Waals surface area contributed by atoms with E-state index in [1.54, 1.807) is 16.7 Å². The summed E-state index contributed by atoms with van der Waals surface area (Å²) in [4.78, 5) is 0. The Balaban J connectivity index is 2.21. The summed E-state index contributed by atoms with van der Waals surface area (Å²) in [5.74, 6) is 0.676. The van der Waals surface area contributed by atoms with Gasteiger partial charge in [-0.15, -0.1) is 0 Å². The smallest absolute Gasteiger partial charge is 0.0216 e. The zero-order chi connectivity index (χ0) is 11.1. The normalized spacial score (nSPS) is 22.0. The third-order valence-corrected chi connectivity index (χ3v) is 4.70. The van der Waals surface area contributed by atoms with Gasteiger partial charge in [-0.2, -0.15) is 0 Å². The molecule has 0 nitrogen and oxygen atoms in total. The fourth-order valence-corrected chi connectivity index (χ4v) is 3.86. The van der Waals surface area contributed by atoms with Crippen molar-refractivity contribution >= 4 is 22.0 Å². The summed E-state index contributed by atoms with van der Waals surface area (Å²) in [5, 5.41) is 0. The SMILES string of the molecule is CCC1C=Cc2cc(Br)c3c(c21)CCCC3. The molecule has 1 unspecified atom stereocenters. The molecule has 3 rings (SSSR count). The third-order valence-electron chi connectivity index (χ3n) is 3.99. The van der Waals surface area contributed by atoms with E-state index in [9.17, 15) is 0 Å². The van der Waals surface area contributed by atoms with Crippen LogP contribution in [0.1, 0.15) is 54.4 Å². The van der Waals surface area contributed by atoms with Gasteiger partial charge < -0.3 is 0 Å². The summed E-state index contributed by atoms with van der Waals surface area (Å²) in [5.41, 5.74) is 6.35. The molecule has 1 aromatic carbocycles. The minimum absolute atomic E-state index is 0.676. The van der Waals surface area contributed by atoms with Gasteiger partial charge in [-0.05, 0) is 60.4 Å². The molecule has 0 radical (unpaired) electrons. The highest BCUT2D eigenvalue weighted by Gasteiger charge is 2.24. The molecule has 84 valence electrons. The topological polar surface area (TPSA) is 0 Å². The first-order valence-electron chi connectivity index (χ1n) is 6.33. The first-order valence-corrected chi connectivity index (χ1v) is 7.13. The van der Waals surface area contributed by atoms with Crippen LogP contribution < -0.4 is 0 Å². The molecule has 0 saturated carbocycles. The van der Waals surface area contributed by atoms with Crippen molar-refractivity contribution in [1.82, 2.24) is 0 Å². The van der Waals surface area contributed by atoms with E-state index >= 15 is 0 Å². The summed E-state index contributed by atoms with van der Waals surface area (Å²) < 4.78 is 1.34. The molecule has 16 heavy (non-hydrogen) atoms. The Bertz CT molecular complexity index is 457. The number of allylic oxidation sites excluding steroid dienone is 1. The van der Waals surface area contributed by atoms with Gasteiger partial charge in [-0.3, -0.25) is 0 Å². The first-order chi connectivity index (χ1) is 7.81. The number of rotatable bonds is 1. The Morgan fingerprint density at radius 3 is 2.75 bits per heavy atom. The minimum Gasteiger partial charge on any atom is -0.0764 e. The molecule has 0 N–H and O–H groups in total. The van der Waals surface area contributed by atoms with E-state index in [2.05, 4.69) is 41.1 Å². The summed E-state index contributed by atoms with van der Waals surface area (Å²) in [6.07, 6.45) is 11.2. The van der Waals surface area contributed by atoms with Gasteiger partial charge in [-0.25, -0.2) is 0 Å². The van der Waals surface area contributed by atoms with Gasteiger partial charge in [0.2, 0.25) is 0 Å². The van der Waals surface area contributed by atoms with Crippen LogP contribution in [-0.2, 0) is 12.8 Å². The monoisotopic (exact) mass is 276 g/mol. The summed E-state index contributed by atoms with van der Waals surface area (Å²) in [6.45, 7) is 2.29. The zero-order valence-corrected chi connectivity index (χ0v) is 11.3. The van der Waals surface area contributed by atoms with Crippen LogP contribution in [0.2, 0.25) is 0 Å². The lowest BCUT2D eigenvalue weighted by Gasteiger charge is -2.23. The Labute approximate surface area is 106 Å². The van der Waals surface area contributed by atoms with E-state index in [1.165, 1.54) is 42.1 Å². The van der Waals surface area contributed by atoms with Crippen molar-refractivity contribution in [2.24, 2.45) is 0 Å². The number of hydrogen-bond acceptors (Lipinski definition) is 0. The van der Waals surface area contributed by atoms with Gasteiger partial charge >= 0.3 is 0 Å². The van der Waals surface area contributed by atoms with E-state index in [0.717, 1.165) is 0 Å². The summed E-state index contributed by atoms with van der Waals surface area (Å²) in [6, 6.07) is 2.33. The average molecular weight is 277 g/mol. The summed E-state index contributed by atoms with van der Waals surface area (Å²) >= 11 is 3.74. The highest BCUT2D eigenvalue weighted by atomic mass is 79.9. The third kappa shape index (κ3) is 1.48. The Hall–Kier alpha value is -0.560. The quantitative estimate of drug-likeness (QED) is 0.688. The van der Waals surface area contributed by atoms with Crippen molar-refractivity contribution in [2.45, 2.75) is 44.9 Å². The first kappa shape index (κ1) is 10.6. The molecule has 0 bridgehead atoms. The van der Waals surface area contributed by atoms with Crippen molar-refractivity contribution in [3.63, 3.8) is 0 Å². The standard InChI is InChI=1S/C15H17Br/c1-2-10-7-8-11-9-14(16)12-5-3-4-6-13(12)15(10)11/h7-10H,2-6H2,1H3. The molecule has 2 aliphatic rings. The predicted molar refractivity (Wildman–Crippen MR) is 72.9 cm³/mol. The van der Waals surface area contributed by atoms with Crippen LogP contribution in [0, 0.1) is 0 Å². The van der Waals surface area contributed by atoms with Crippen molar-refractivity contribution in [1.29, 1.82) is 0 Å². The van der Waals surface area contributed by atoms with Gasteiger partial charge in [0.1, 0.15) is 0 Å². The molecule has 0 heterocycles. The van der Waals surface area contributed by atoms with Crippen LogP contribution in [0.3, 0.4) is 0 Å². The van der Waals surface area contributed by atoms with Gasteiger partial charge in [0, 0.05) is 10.4 Å². The molecule has 0 aliphatic heterocycles. The fraction of sp³-hybridized carbons (Fsp3) is 0.467. The Morgan fingerprint density at radius 1 is 1.25 bits per heavy atom. The lowest BCUT2D eigenvalue weighted by Crippen LogP contribution is -2.09. The molecule has 0 amide bonds. The maximum atomic E-state index is 3.74. The predicted octanol–water partition coefficient (Wildman–Crippen LogP) is 4.85. The number of fused-ring (bicyclic) bond motifs is 3. The molecule has 2 aliphatic carbocycles. The van der Waals surface area contributed by atoms with Crippen LogP contribution in [0.4, 0.5) is 0 Å². The van der Waals surface area contributed by atoms with Crippen LogP contribution in [0.25, 0.3) is 6.08 Å². The Morgan fingerprint density at radius 2 is 2.00 bits per heavy atom. The van der Waals surface area contributed by atoms with E-state index in [-0.39, 0.29) is 0 Å². The van der Waals surface area contributed by atoms with Crippen LogP contribution in [0.5, 0.6) is 0 Å². The van der Waals surface area contributed by atoms with Crippen molar-refractivity contribution in [2.75, 3.05) is 0 Å². The molecule has 0 aromatic heterocycles. The molecule has 0 fully saturated rings. The van der Waals surface area contributed by atoms with Crippen LogP contribution in [0.15, 0.2) is 16.6 Å². The zero-order valence-electron chi connectivity index (χ0n) is 9.72. The lowest BCUT2D eigenvalue weighted by atomic mass is 9.83. The van der Waals surface area contributed by atoms with Crippen molar-refractivity contribution in [3.8, 4) is 0 Å². The summed E-state index contributed by atoms with van der Waals surface area (Å²) in [7, 11) is 0. The lowest BCUT2D eigenvalue weighted by molar-refractivity contribution is 0.667. The molecule has 1 atom stereocenters. The van der Waals surface area contributed by atoms with Crippen LogP contribution in [-0.4, -0.2) is 0 Å². The van der Waals surface area contributed by atoms with E-state index in [0.29, 0.717) is 5.92 Å². The minimum atomic E-state index is 0.676. The maximum absolute atomic E-state index is 3.74. The number of benzene rings is 1. The number of hydrogen-bond donors (Lipinski definition) is 0. The molecular weight excluding hydrogens is 260 g/mol. The average Bonchev–Trinajstić information content (AvgIpc) is 2.72. The molecular formula is C15H17Br. The largest absolute Gasteiger partial charge is 0.0764 e.